The molecule has 8 nitrogen and oxygen atoms in total. The van der Waals surface area contributed by atoms with Gasteiger partial charge in [-0.2, -0.15) is 10.2 Å². The Bertz CT molecular complexity index is 964. The van der Waals surface area contributed by atoms with Crippen LogP contribution in [0.25, 0.3) is 10.9 Å². The molecule has 1 saturated heterocycles. The molecule has 2 N–H and O–H groups in total. The van der Waals surface area contributed by atoms with E-state index < -0.39 is 0 Å². The van der Waals surface area contributed by atoms with Crippen molar-refractivity contribution in [3.63, 3.8) is 0 Å². The molecule has 3 heterocycles. The Labute approximate surface area is 162 Å². The van der Waals surface area contributed by atoms with Gasteiger partial charge in [0, 0.05) is 30.9 Å². The molecule has 0 spiro atoms. The van der Waals surface area contributed by atoms with Crippen molar-refractivity contribution in [3.05, 3.63) is 48.4 Å². The number of benzene rings is 1. The van der Waals surface area contributed by atoms with Crippen molar-refractivity contribution in [2.24, 2.45) is 5.92 Å². The van der Waals surface area contributed by atoms with Crippen LogP contribution in [0.4, 0.5) is 0 Å². The fraction of sp³-hybridized carbons (Fsp3) is 0.400. The van der Waals surface area contributed by atoms with Crippen LogP contribution in [0.1, 0.15) is 30.1 Å². The summed E-state index contributed by atoms with van der Waals surface area (Å²) in [7, 11) is 0. The van der Waals surface area contributed by atoms with Crippen molar-refractivity contribution in [1.29, 1.82) is 0 Å². The zero-order chi connectivity index (χ0) is 19.5. The van der Waals surface area contributed by atoms with Gasteiger partial charge in [-0.25, -0.2) is 0 Å². The van der Waals surface area contributed by atoms with E-state index in [1.165, 1.54) is 0 Å². The van der Waals surface area contributed by atoms with Crippen LogP contribution in [0.3, 0.4) is 0 Å². The third kappa shape index (κ3) is 3.62. The number of hydrogen-bond donors (Lipinski definition) is 2. The molecule has 1 aliphatic heterocycles. The van der Waals surface area contributed by atoms with E-state index in [1.54, 1.807) is 35.4 Å². The van der Waals surface area contributed by atoms with E-state index in [4.69, 9.17) is 0 Å². The molecule has 0 aliphatic carbocycles. The zero-order valence-corrected chi connectivity index (χ0v) is 15.8. The molecule has 146 valence electrons. The second kappa shape index (κ2) is 7.84. The number of likely N-dealkylation sites (tertiary alicyclic amines) is 1. The Hall–Kier alpha value is -3.16. The minimum atomic E-state index is -0.149. The summed E-state index contributed by atoms with van der Waals surface area (Å²) in [5, 5.41) is 14.8. The summed E-state index contributed by atoms with van der Waals surface area (Å²) in [6, 6.07) is 7.29. The van der Waals surface area contributed by atoms with Crippen molar-refractivity contribution in [3.8, 4) is 0 Å². The Morgan fingerprint density at radius 2 is 2.21 bits per heavy atom. The second-order valence-electron chi connectivity index (χ2n) is 7.32. The lowest BCUT2D eigenvalue weighted by atomic mass is 9.90. The van der Waals surface area contributed by atoms with E-state index in [1.807, 2.05) is 17.0 Å². The largest absolute Gasteiger partial charge is 0.350 e. The lowest BCUT2D eigenvalue weighted by molar-refractivity contribution is -0.137. The highest BCUT2D eigenvalue weighted by atomic mass is 16.2. The van der Waals surface area contributed by atoms with E-state index >= 15 is 0 Å². The van der Waals surface area contributed by atoms with Crippen molar-refractivity contribution in [2.75, 3.05) is 13.1 Å². The lowest BCUT2D eigenvalue weighted by Crippen LogP contribution is -2.53. The number of rotatable bonds is 5. The molecule has 1 fully saturated rings. The fourth-order valence-electron chi connectivity index (χ4n) is 3.95. The van der Waals surface area contributed by atoms with Gasteiger partial charge in [-0.15, -0.1) is 0 Å². The van der Waals surface area contributed by atoms with Crippen LogP contribution in [0.5, 0.6) is 0 Å². The standard InChI is InChI=1S/C20H24N6O2/c1-14-5-3-10-26(19(27)13-25-9-4-8-23-25)18(14)12-21-20(28)15-6-2-7-17-16(15)11-22-24-17/h2,4,6-9,11,14,18H,3,5,10,12-13H2,1H3,(H,21,28)(H,22,24). The first kappa shape index (κ1) is 18.2. The first-order valence-corrected chi connectivity index (χ1v) is 9.60. The summed E-state index contributed by atoms with van der Waals surface area (Å²) in [5.41, 5.74) is 1.42. The number of aromatic nitrogens is 4. The van der Waals surface area contributed by atoms with Gasteiger partial charge in [0.05, 0.1) is 23.3 Å². The van der Waals surface area contributed by atoms with E-state index in [0.717, 1.165) is 23.7 Å². The van der Waals surface area contributed by atoms with Gasteiger partial charge in [0.2, 0.25) is 5.91 Å². The summed E-state index contributed by atoms with van der Waals surface area (Å²) in [4.78, 5) is 27.5. The summed E-state index contributed by atoms with van der Waals surface area (Å²) in [5.74, 6) is 0.205. The van der Waals surface area contributed by atoms with E-state index in [9.17, 15) is 9.59 Å². The number of amides is 2. The van der Waals surface area contributed by atoms with Crippen LogP contribution >= 0.6 is 0 Å². The number of nitrogens with one attached hydrogen (secondary N) is 2. The van der Waals surface area contributed by atoms with Gasteiger partial charge in [-0.05, 0) is 37.0 Å². The normalized spacial score (nSPS) is 19.7. The monoisotopic (exact) mass is 380 g/mol. The number of carbonyl (C=O) groups excluding carboxylic acids is 2. The molecule has 2 atom stereocenters. The maximum Gasteiger partial charge on any atom is 0.252 e. The minimum absolute atomic E-state index is 0.0238. The average Bonchev–Trinajstić information content (AvgIpc) is 3.37. The first-order valence-electron chi connectivity index (χ1n) is 9.60. The summed E-state index contributed by atoms with van der Waals surface area (Å²) in [6.07, 6.45) is 7.13. The number of carbonyl (C=O) groups is 2. The highest BCUT2D eigenvalue weighted by molar-refractivity contribution is 6.06. The molecule has 2 aromatic heterocycles. The van der Waals surface area contributed by atoms with Crippen LogP contribution in [0.15, 0.2) is 42.9 Å². The molecule has 1 aliphatic rings. The third-order valence-corrected chi connectivity index (χ3v) is 5.49. The second-order valence-corrected chi connectivity index (χ2v) is 7.32. The van der Waals surface area contributed by atoms with Gasteiger partial charge in [0.25, 0.3) is 5.91 Å². The number of nitrogens with zero attached hydrogens (tertiary/aromatic N) is 4. The van der Waals surface area contributed by atoms with E-state index in [0.29, 0.717) is 24.6 Å². The lowest BCUT2D eigenvalue weighted by Gasteiger charge is -2.40. The molecule has 2 amide bonds. The SMILES string of the molecule is CC1CCCN(C(=O)Cn2cccn2)C1CNC(=O)c1cccc2[nH]ncc12. The van der Waals surface area contributed by atoms with E-state index in [2.05, 4.69) is 27.5 Å². The highest BCUT2D eigenvalue weighted by Crippen LogP contribution is 2.24. The fourth-order valence-corrected chi connectivity index (χ4v) is 3.95. The van der Waals surface area contributed by atoms with Gasteiger partial charge in [0.15, 0.2) is 0 Å². The quantitative estimate of drug-likeness (QED) is 0.706. The summed E-state index contributed by atoms with van der Waals surface area (Å²) in [6.45, 7) is 3.50. The first-order chi connectivity index (χ1) is 13.6. The van der Waals surface area contributed by atoms with Crippen LogP contribution < -0.4 is 5.32 Å². The minimum Gasteiger partial charge on any atom is -0.350 e. The molecule has 2 unspecified atom stereocenters. The van der Waals surface area contributed by atoms with Crippen LogP contribution in [-0.4, -0.2) is 55.8 Å². The Balaban J connectivity index is 1.45. The van der Waals surface area contributed by atoms with Gasteiger partial charge in [-0.1, -0.05) is 13.0 Å². The van der Waals surface area contributed by atoms with Crippen molar-refractivity contribution >= 4 is 22.7 Å². The van der Waals surface area contributed by atoms with Crippen molar-refractivity contribution in [1.82, 2.24) is 30.2 Å². The van der Waals surface area contributed by atoms with E-state index in [-0.39, 0.29) is 24.4 Å². The number of aromatic amines is 1. The van der Waals surface area contributed by atoms with Crippen LogP contribution in [0.2, 0.25) is 0 Å². The molecule has 0 bridgehead atoms. The van der Waals surface area contributed by atoms with Gasteiger partial charge in [-0.3, -0.25) is 19.4 Å². The molecule has 0 saturated carbocycles. The Morgan fingerprint density at radius 3 is 3.04 bits per heavy atom. The number of piperidine rings is 1. The van der Waals surface area contributed by atoms with Gasteiger partial charge < -0.3 is 10.2 Å². The smallest absolute Gasteiger partial charge is 0.252 e. The van der Waals surface area contributed by atoms with Gasteiger partial charge in [0.1, 0.15) is 6.54 Å². The predicted octanol–water partition coefficient (Wildman–Crippen LogP) is 1.82. The molecular weight excluding hydrogens is 356 g/mol. The van der Waals surface area contributed by atoms with Crippen molar-refractivity contribution in [2.45, 2.75) is 32.4 Å². The van der Waals surface area contributed by atoms with Crippen LogP contribution in [-0.2, 0) is 11.3 Å². The Morgan fingerprint density at radius 1 is 1.32 bits per heavy atom. The molecule has 0 radical (unpaired) electrons. The number of fused-ring (bicyclic) bond motifs is 1. The topological polar surface area (TPSA) is 95.9 Å². The molecule has 28 heavy (non-hydrogen) atoms. The molecule has 1 aromatic carbocycles. The van der Waals surface area contributed by atoms with Crippen molar-refractivity contribution < 1.29 is 9.59 Å². The molecular formula is C20H24N6O2. The number of H-pyrrole nitrogens is 1. The molecule has 3 aromatic rings. The highest BCUT2D eigenvalue weighted by Gasteiger charge is 2.32. The molecule has 8 heteroatoms. The maximum atomic E-state index is 12.8. The zero-order valence-electron chi connectivity index (χ0n) is 15.8. The maximum absolute atomic E-state index is 12.8. The summed E-state index contributed by atoms with van der Waals surface area (Å²) < 4.78 is 1.64. The number of hydrogen-bond acceptors (Lipinski definition) is 4. The molecule has 4 rings (SSSR count). The van der Waals surface area contributed by atoms with Crippen LogP contribution in [0, 0.1) is 5.92 Å². The van der Waals surface area contributed by atoms with Gasteiger partial charge >= 0.3 is 0 Å². The predicted molar refractivity (Wildman–Crippen MR) is 105 cm³/mol. The third-order valence-electron chi connectivity index (χ3n) is 5.49. The Kier molecular flexibility index (Phi) is 5.10. The average molecular weight is 380 g/mol. The summed E-state index contributed by atoms with van der Waals surface area (Å²) >= 11 is 0.